The highest BCUT2D eigenvalue weighted by Gasteiger charge is 2.21. The van der Waals surface area contributed by atoms with E-state index in [1.165, 1.54) is 6.08 Å². The van der Waals surface area contributed by atoms with E-state index in [9.17, 15) is 9.59 Å². The Kier molecular flexibility index (Phi) is 6.71. The summed E-state index contributed by atoms with van der Waals surface area (Å²) in [5.41, 5.74) is 0.673. The van der Waals surface area contributed by atoms with Crippen molar-refractivity contribution in [1.82, 2.24) is 15.1 Å². The highest BCUT2D eigenvalue weighted by molar-refractivity contribution is 5.93. The van der Waals surface area contributed by atoms with Crippen molar-refractivity contribution >= 4 is 28.9 Å². The van der Waals surface area contributed by atoms with Gasteiger partial charge in [-0.2, -0.15) is 0 Å². The van der Waals surface area contributed by atoms with Crippen molar-refractivity contribution < 1.29 is 18.7 Å². The number of hydrogen-bond acceptors (Lipinski definition) is 5. The number of benzene rings is 1. The Bertz CT molecular complexity index is 850. The van der Waals surface area contributed by atoms with Gasteiger partial charge in [-0.25, -0.2) is 0 Å². The van der Waals surface area contributed by atoms with Crippen LogP contribution < -0.4 is 10.1 Å². The third-order valence-electron chi connectivity index (χ3n) is 4.76. The molecule has 0 bridgehead atoms. The zero-order valence-electron chi connectivity index (χ0n) is 16.4. The van der Waals surface area contributed by atoms with Gasteiger partial charge in [0.2, 0.25) is 11.8 Å². The van der Waals surface area contributed by atoms with Crippen molar-refractivity contribution in [1.29, 1.82) is 0 Å². The quantitative estimate of drug-likeness (QED) is 0.739. The molecule has 2 amide bonds. The monoisotopic (exact) mass is 385 g/mol. The fourth-order valence-electron chi connectivity index (χ4n) is 3.21. The number of furan rings is 1. The zero-order chi connectivity index (χ0) is 19.9. The van der Waals surface area contributed by atoms with Gasteiger partial charge >= 0.3 is 0 Å². The highest BCUT2D eigenvalue weighted by Crippen LogP contribution is 2.28. The second kappa shape index (κ2) is 9.41. The molecule has 2 heterocycles. The summed E-state index contributed by atoms with van der Waals surface area (Å²) in [7, 11) is 1.60. The minimum atomic E-state index is -0.0532. The van der Waals surface area contributed by atoms with Crippen LogP contribution in [0.15, 0.2) is 34.8 Å². The summed E-state index contributed by atoms with van der Waals surface area (Å²) in [6.07, 6.45) is 4.15. The maximum Gasteiger partial charge on any atom is 0.246 e. The van der Waals surface area contributed by atoms with Gasteiger partial charge in [-0.15, -0.1) is 0 Å². The molecule has 1 aliphatic heterocycles. The van der Waals surface area contributed by atoms with Crippen LogP contribution in [0.4, 0.5) is 0 Å². The van der Waals surface area contributed by atoms with Crippen LogP contribution in [-0.2, 0) is 9.59 Å². The van der Waals surface area contributed by atoms with Crippen LogP contribution in [0.5, 0.6) is 5.75 Å². The third kappa shape index (κ3) is 4.92. The summed E-state index contributed by atoms with van der Waals surface area (Å²) < 4.78 is 11.1. The first-order chi connectivity index (χ1) is 13.6. The lowest BCUT2D eigenvalue weighted by molar-refractivity contribution is -0.128. The smallest absolute Gasteiger partial charge is 0.246 e. The number of nitrogens with zero attached hydrogens (tertiary/aromatic N) is 2. The lowest BCUT2D eigenvalue weighted by atomic mass is 10.2. The molecule has 7 heteroatoms. The number of hydrogen-bond donors (Lipinski definition) is 1. The van der Waals surface area contributed by atoms with Gasteiger partial charge in [0.25, 0.3) is 0 Å². The third-order valence-corrected chi connectivity index (χ3v) is 4.76. The average Bonchev–Trinajstić information content (AvgIpc) is 3.14. The average molecular weight is 385 g/mol. The van der Waals surface area contributed by atoms with Crippen LogP contribution >= 0.6 is 0 Å². The Labute approximate surface area is 164 Å². The molecule has 1 fully saturated rings. The second-order valence-electron chi connectivity index (χ2n) is 6.81. The normalized spacial score (nSPS) is 15.3. The molecule has 0 unspecified atom stereocenters. The Morgan fingerprint density at radius 2 is 2.04 bits per heavy atom. The molecule has 2 aromatic rings. The summed E-state index contributed by atoms with van der Waals surface area (Å²) in [6.45, 7) is 5.73. The number of ether oxygens (including phenoxy) is 1. The first kappa shape index (κ1) is 19.9. The lowest BCUT2D eigenvalue weighted by Gasteiger charge is -2.33. The number of methoxy groups -OCH3 is 1. The summed E-state index contributed by atoms with van der Waals surface area (Å²) in [5.74, 6) is 1.27. The molecule has 7 nitrogen and oxygen atoms in total. The number of para-hydroxylation sites is 1. The van der Waals surface area contributed by atoms with E-state index in [-0.39, 0.29) is 11.8 Å². The predicted octanol–water partition coefficient (Wildman–Crippen LogP) is 2.12. The zero-order valence-corrected chi connectivity index (χ0v) is 16.4. The lowest BCUT2D eigenvalue weighted by Crippen LogP contribution is -2.50. The Hall–Kier alpha value is -2.80. The molecule has 0 spiro atoms. The van der Waals surface area contributed by atoms with E-state index in [0.717, 1.165) is 11.8 Å². The number of carbonyl (C=O) groups is 2. The Morgan fingerprint density at radius 3 is 2.75 bits per heavy atom. The van der Waals surface area contributed by atoms with E-state index in [0.29, 0.717) is 56.4 Å². The van der Waals surface area contributed by atoms with Crippen LogP contribution in [0.1, 0.15) is 19.1 Å². The number of piperazine rings is 1. The van der Waals surface area contributed by atoms with E-state index < -0.39 is 0 Å². The van der Waals surface area contributed by atoms with Crippen molar-refractivity contribution in [2.75, 3.05) is 46.4 Å². The number of fused-ring (bicyclic) bond motifs is 1. The van der Waals surface area contributed by atoms with Crippen LogP contribution in [0.25, 0.3) is 17.0 Å². The second-order valence-corrected chi connectivity index (χ2v) is 6.81. The molecule has 0 saturated carbocycles. The maximum absolute atomic E-state index is 12.5. The largest absolute Gasteiger partial charge is 0.493 e. The van der Waals surface area contributed by atoms with Crippen LogP contribution in [0, 0.1) is 0 Å². The van der Waals surface area contributed by atoms with Gasteiger partial charge in [0, 0.05) is 44.2 Å². The van der Waals surface area contributed by atoms with Gasteiger partial charge in [-0.1, -0.05) is 19.1 Å². The molecule has 1 aromatic heterocycles. The molecular formula is C21H27N3O4. The van der Waals surface area contributed by atoms with Crippen molar-refractivity contribution in [2.24, 2.45) is 0 Å². The summed E-state index contributed by atoms with van der Waals surface area (Å²) >= 11 is 0. The van der Waals surface area contributed by atoms with Gasteiger partial charge in [0.15, 0.2) is 11.3 Å². The van der Waals surface area contributed by atoms with Crippen LogP contribution in [0.2, 0.25) is 0 Å². The molecule has 0 radical (unpaired) electrons. The number of rotatable bonds is 7. The predicted molar refractivity (Wildman–Crippen MR) is 108 cm³/mol. The molecule has 1 N–H and O–H groups in total. The minimum absolute atomic E-state index is 0.0434. The van der Waals surface area contributed by atoms with E-state index in [1.807, 2.05) is 31.2 Å². The SMILES string of the molecule is CCCNC(=O)CN1CCN(C(=O)/C=C/c2cc3cccc(OC)c3o2)CC1. The van der Waals surface area contributed by atoms with Crippen molar-refractivity contribution in [3.8, 4) is 5.75 Å². The minimum Gasteiger partial charge on any atom is -0.493 e. The fourth-order valence-corrected chi connectivity index (χ4v) is 3.21. The molecule has 150 valence electrons. The van der Waals surface area contributed by atoms with E-state index in [4.69, 9.17) is 9.15 Å². The Morgan fingerprint density at radius 1 is 1.25 bits per heavy atom. The molecule has 1 aliphatic rings. The molecule has 0 atom stereocenters. The van der Waals surface area contributed by atoms with Gasteiger partial charge in [0.05, 0.1) is 13.7 Å². The summed E-state index contributed by atoms with van der Waals surface area (Å²) in [6, 6.07) is 7.56. The van der Waals surface area contributed by atoms with Crippen molar-refractivity contribution in [2.45, 2.75) is 13.3 Å². The molecule has 1 aromatic carbocycles. The molecule has 28 heavy (non-hydrogen) atoms. The van der Waals surface area contributed by atoms with Crippen LogP contribution in [0.3, 0.4) is 0 Å². The van der Waals surface area contributed by atoms with Crippen molar-refractivity contribution in [3.63, 3.8) is 0 Å². The topological polar surface area (TPSA) is 75.0 Å². The first-order valence-corrected chi connectivity index (χ1v) is 9.63. The molecule has 1 saturated heterocycles. The molecule has 3 rings (SSSR count). The van der Waals surface area contributed by atoms with Gasteiger partial charge in [0.1, 0.15) is 5.76 Å². The summed E-state index contributed by atoms with van der Waals surface area (Å²) in [4.78, 5) is 28.1. The fraction of sp³-hybridized carbons (Fsp3) is 0.429. The van der Waals surface area contributed by atoms with Gasteiger partial charge in [-0.05, 0) is 24.6 Å². The Balaban J connectivity index is 1.52. The standard InChI is InChI=1S/C21H27N3O4/c1-3-9-22-19(25)15-23-10-12-24(13-11-23)20(26)8-7-17-14-16-5-4-6-18(27-2)21(16)28-17/h4-8,14H,3,9-13,15H2,1-2H3,(H,22,25)/b8-7+. The molecule has 0 aliphatic carbocycles. The van der Waals surface area contributed by atoms with E-state index in [1.54, 1.807) is 18.1 Å². The maximum atomic E-state index is 12.5. The number of carbonyl (C=O) groups excluding carboxylic acids is 2. The number of amides is 2. The summed E-state index contributed by atoms with van der Waals surface area (Å²) in [5, 5.41) is 3.81. The van der Waals surface area contributed by atoms with Crippen LogP contribution in [-0.4, -0.2) is 68.0 Å². The van der Waals surface area contributed by atoms with E-state index >= 15 is 0 Å². The van der Waals surface area contributed by atoms with Crippen molar-refractivity contribution in [3.05, 3.63) is 36.1 Å². The van der Waals surface area contributed by atoms with E-state index in [2.05, 4.69) is 10.2 Å². The first-order valence-electron chi connectivity index (χ1n) is 9.63. The van der Waals surface area contributed by atoms with Gasteiger partial charge < -0.3 is 19.4 Å². The number of nitrogens with one attached hydrogen (secondary N) is 1. The molecular weight excluding hydrogens is 358 g/mol. The van der Waals surface area contributed by atoms with Gasteiger partial charge in [-0.3, -0.25) is 14.5 Å². The highest BCUT2D eigenvalue weighted by atomic mass is 16.5.